The van der Waals surface area contributed by atoms with Gasteiger partial charge in [0, 0.05) is 18.7 Å². The van der Waals surface area contributed by atoms with Crippen LogP contribution < -0.4 is 5.73 Å². The Labute approximate surface area is 118 Å². The number of nitrogens with two attached hydrogens (primary N) is 1. The molecule has 2 rings (SSSR count). The largest absolute Gasteiger partial charge is 0.374 e. The van der Waals surface area contributed by atoms with E-state index in [1.54, 1.807) is 12.1 Å². The molecule has 0 saturated carbocycles. The number of rotatable bonds is 5. The quantitative estimate of drug-likeness (QED) is 0.903. The zero-order chi connectivity index (χ0) is 14.5. The Hall–Kier alpha value is -1.04. The van der Waals surface area contributed by atoms with Gasteiger partial charge in [-0.3, -0.25) is 4.90 Å². The van der Waals surface area contributed by atoms with Gasteiger partial charge in [-0.1, -0.05) is 25.1 Å². The maximum absolute atomic E-state index is 12.9. The molecule has 1 saturated heterocycles. The summed E-state index contributed by atoms with van der Waals surface area (Å²) in [5, 5.41) is 0. The lowest BCUT2D eigenvalue weighted by molar-refractivity contribution is -0.0677. The molecule has 0 aliphatic carbocycles. The summed E-state index contributed by atoms with van der Waals surface area (Å²) in [4.78, 5) is 2.28. The fourth-order valence-corrected chi connectivity index (χ4v) is 2.83. The monoisotopic (exact) mass is 284 g/mol. The van der Waals surface area contributed by atoms with E-state index in [9.17, 15) is 8.78 Å². The smallest absolute Gasteiger partial charge is 0.263 e. The maximum Gasteiger partial charge on any atom is 0.263 e. The van der Waals surface area contributed by atoms with Gasteiger partial charge in [0.2, 0.25) is 0 Å². The Kier molecular flexibility index (Phi) is 5.46. The normalized spacial score (nSPS) is 24.2. The van der Waals surface area contributed by atoms with Crippen LogP contribution in [-0.2, 0) is 4.74 Å². The van der Waals surface area contributed by atoms with Crippen LogP contribution in [0.2, 0.25) is 0 Å². The van der Waals surface area contributed by atoms with E-state index in [-0.39, 0.29) is 17.7 Å². The van der Waals surface area contributed by atoms with Crippen LogP contribution in [0.15, 0.2) is 24.3 Å². The van der Waals surface area contributed by atoms with Crippen molar-refractivity contribution in [3.63, 3.8) is 0 Å². The lowest BCUT2D eigenvalue weighted by atomic mass is 9.96. The molecule has 1 aliphatic rings. The molecule has 5 heteroatoms. The summed E-state index contributed by atoms with van der Waals surface area (Å²) in [6, 6.07) is 6.57. The first-order chi connectivity index (χ1) is 9.67. The van der Waals surface area contributed by atoms with Gasteiger partial charge < -0.3 is 10.5 Å². The second-order valence-corrected chi connectivity index (χ2v) is 5.10. The van der Waals surface area contributed by atoms with E-state index < -0.39 is 6.43 Å². The predicted molar refractivity (Wildman–Crippen MR) is 74.8 cm³/mol. The summed E-state index contributed by atoms with van der Waals surface area (Å²) in [6.45, 7) is 4.88. The van der Waals surface area contributed by atoms with Crippen molar-refractivity contribution in [2.24, 2.45) is 5.73 Å². The van der Waals surface area contributed by atoms with Gasteiger partial charge in [-0.25, -0.2) is 8.78 Å². The molecule has 1 fully saturated rings. The second kappa shape index (κ2) is 7.11. The van der Waals surface area contributed by atoms with E-state index in [0.29, 0.717) is 13.2 Å². The third kappa shape index (κ3) is 3.34. The minimum Gasteiger partial charge on any atom is -0.374 e. The summed E-state index contributed by atoms with van der Waals surface area (Å²) in [7, 11) is 0. The summed E-state index contributed by atoms with van der Waals surface area (Å²) in [5.41, 5.74) is 6.71. The molecule has 2 N–H and O–H groups in total. The van der Waals surface area contributed by atoms with Crippen LogP contribution in [0.1, 0.15) is 36.9 Å². The number of halogens is 2. The number of hydrogen-bond acceptors (Lipinski definition) is 3. The summed E-state index contributed by atoms with van der Waals surface area (Å²) in [5.74, 6) is 0. The summed E-state index contributed by atoms with van der Waals surface area (Å²) in [6.07, 6.45) is -1.57. The standard InChI is InChI=1S/C15H22F2N2O/c1-2-6-19-7-8-20-13(10-18)14(19)11-4-3-5-12(9-11)15(16)17/h3-5,9,13-15H,2,6-8,10,18H2,1H3. The first-order valence-corrected chi connectivity index (χ1v) is 7.11. The minimum absolute atomic E-state index is 0.0348. The van der Waals surface area contributed by atoms with Crippen LogP contribution >= 0.6 is 0 Å². The van der Waals surface area contributed by atoms with Crippen LogP contribution in [0.3, 0.4) is 0 Å². The van der Waals surface area contributed by atoms with Gasteiger partial charge in [-0.15, -0.1) is 0 Å². The van der Waals surface area contributed by atoms with E-state index in [1.807, 2.05) is 6.07 Å². The molecule has 0 aromatic heterocycles. The number of benzene rings is 1. The number of ether oxygens (including phenoxy) is 1. The average Bonchev–Trinajstić information content (AvgIpc) is 2.47. The van der Waals surface area contributed by atoms with Gasteiger partial charge in [-0.05, 0) is 24.6 Å². The highest BCUT2D eigenvalue weighted by Crippen LogP contribution is 2.31. The zero-order valence-corrected chi connectivity index (χ0v) is 11.8. The lowest BCUT2D eigenvalue weighted by Gasteiger charge is -2.41. The summed E-state index contributed by atoms with van der Waals surface area (Å²) < 4.78 is 31.5. The molecule has 0 amide bonds. The van der Waals surface area contributed by atoms with E-state index in [1.165, 1.54) is 6.07 Å². The van der Waals surface area contributed by atoms with Crippen molar-refractivity contribution >= 4 is 0 Å². The number of hydrogen-bond donors (Lipinski definition) is 1. The average molecular weight is 284 g/mol. The van der Waals surface area contributed by atoms with Crippen molar-refractivity contribution in [2.75, 3.05) is 26.2 Å². The third-order valence-corrected chi connectivity index (χ3v) is 3.70. The van der Waals surface area contributed by atoms with Gasteiger partial charge in [0.1, 0.15) is 0 Å². The molecule has 0 spiro atoms. The molecular formula is C15H22F2N2O. The number of alkyl halides is 2. The molecular weight excluding hydrogens is 262 g/mol. The second-order valence-electron chi connectivity index (χ2n) is 5.10. The van der Waals surface area contributed by atoms with Crippen LogP contribution in [0.4, 0.5) is 8.78 Å². The van der Waals surface area contributed by atoms with Gasteiger partial charge in [0.05, 0.1) is 18.8 Å². The lowest BCUT2D eigenvalue weighted by Crippen LogP contribution is -2.48. The molecule has 112 valence electrons. The van der Waals surface area contributed by atoms with Crippen LogP contribution in [0.25, 0.3) is 0 Å². The molecule has 0 bridgehead atoms. The molecule has 1 aliphatic heterocycles. The van der Waals surface area contributed by atoms with E-state index in [2.05, 4.69) is 11.8 Å². The van der Waals surface area contributed by atoms with Gasteiger partial charge in [0.15, 0.2) is 0 Å². The fourth-order valence-electron chi connectivity index (χ4n) is 2.83. The minimum atomic E-state index is -2.45. The Balaban J connectivity index is 2.30. The van der Waals surface area contributed by atoms with E-state index in [4.69, 9.17) is 10.5 Å². The number of morpholine rings is 1. The van der Waals surface area contributed by atoms with Crippen molar-refractivity contribution in [1.29, 1.82) is 0 Å². The Bertz CT molecular complexity index is 426. The Morgan fingerprint density at radius 3 is 2.90 bits per heavy atom. The third-order valence-electron chi connectivity index (χ3n) is 3.70. The molecule has 2 unspecified atom stereocenters. The zero-order valence-electron chi connectivity index (χ0n) is 11.8. The maximum atomic E-state index is 12.9. The van der Waals surface area contributed by atoms with Crippen LogP contribution in [-0.4, -0.2) is 37.2 Å². The van der Waals surface area contributed by atoms with Gasteiger partial charge >= 0.3 is 0 Å². The predicted octanol–water partition coefficient (Wildman–Crippen LogP) is 2.73. The molecule has 0 radical (unpaired) electrons. The highest BCUT2D eigenvalue weighted by molar-refractivity contribution is 5.28. The Morgan fingerprint density at radius 1 is 1.45 bits per heavy atom. The Morgan fingerprint density at radius 2 is 2.25 bits per heavy atom. The van der Waals surface area contributed by atoms with E-state index >= 15 is 0 Å². The molecule has 1 aromatic rings. The topological polar surface area (TPSA) is 38.5 Å². The highest BCUT2D eigenvalue weighted by Gasteiger charge is 2.32. The van der Waals surface area contributed by atoms with Crippen LogP contribution in [0.5, 0.6) is 0 Å². The fraction of sp³-hybridized carbons (Fsp3) is 0.600. The van der Waals surface area contributed by atoms with Gasteiger partial charge in [0.25, 0.3) is 6.43 Å². The molecule has 1 heterocycles. The molecule has 3 nitrogen and oxygen atoms in total. The highest BCUT2D eigenvalue weighted by atomic mass is 19.3. The number of nitrogens with zero attached hydrogens (tertiary/aromatic N) is 1. The van der Waals surface area contributed by atoms with Crippen molar-refractivity contribution in [3.8, 4) is 0 Å². The molecule has 1 aromatic carbocycles. The van der Waals surface area contributed by atoms with Crippen molar-refractivity contribution < 1.29 is 13.5 Å². The van der Waals surface area contributed by atoms with Crippen molar-refractivity contribution in [3.05, 3.63) is 35.4 Å². The van der Waals surface area contributed by atoms with Crippen molar-refractivity contribution in [2.45, 2.75) is 31.9 Å². The van der Waals surface area contributed by atoms with Crippen LogP contribution in [0, 0.1) is 0 Å². The SMILES string of the molecule is CCCN1CCOC(CN)C1c1cccc(C(F)F)c1. The first kappa shape index (κ1) is 15.4. The van der Waals surface area contributed by atoms with E-state index in [0.717, 1.165) is 25.1 Å². The van der Waals surface area contributed by atoms with Gasteiger partial charge in [-0.2, -0.15) is 0 Å². The summed E-state index contributed by atoms with van der Waals surface area (Å²) >= 11 is 0. The molecule has 20 heavy (non-hydrogen) atoms. The first-order valence-electron chi connectivity index (χ1n) is 7.11. The van der Waals surface area contributed by atoms with Crippen molar-refractivity contribution in [1.82, 2.24) is 4.90 Å². The molecule has 2 atom stereocenters.